The van der Waals surface area contributed by atoms with E-state index < -0.39 is 0 Å². The predicted octanol–water partition coefficient (Wildman–Crippen LogP) is 4.06. The van der Waals surface area contributed by atoms with Crippen LogP contribution in [-0.4, -0.2) is 45.9 Å². The summed E-state index contributed by atoms with van der Waals surface area (Å²) in [6.07, 6.45) is 8.78. The number of rotatable bonds is 6. The van der Waals surface area contributed by atoms with Crippen molar-refractivity contribution in [1.29, 1.82) is 0 Å². The summed E-state index contributed by atoms with van der Waals surface area (Å²) >= 11 is 1.57. The summed E-state index contributed by atoms with van der Waals surface area (Å²) in [7, 11) is 0. The molecule has 6 rings (SSSR count). The molecule has 0 saturated carbocycles. The Morgan fingerprint density at radius 3 is 2.74 bits per heavy atom. The van der Waals surface area contributed by atoms with E-state index in [2.05, 4.69) is 26.3 Å². The van der Waals surface area contributed by atoms with Gasteiger partial charge >= 0.3 is 0 Å². The number of carbonyl (C=O) groups is 1. The van der Waals surface area contributed by atoms with Crippen molar-refractivity contribution in [2.45, 2.75) is 41.3 Å². The van der Waals surface area contributed by atoms with Gasteiger partial charge < -0.3 is 5.32 Å². The second-order valence-electron chi connectivity index (χ2n) is 8.30. The number of hydrogen-bond donors (Lipinski definition) is 1. The van der Waals surface area contributed by atoms with E-state index >= 15 is 0 Å². The van der Waals surface area contributed by atoms with Crippen molar-refractivity contribution in [3.63, 3.8) is 0 Å². The lowest BCUT2D eigenvalue weighted by molar-refractivity contribution is 0.0136. The van der Waals surface area contributed by atoms with Gasteiger partial charge in [-0.2, -0.15) is 0 Å². The molecular weight excluding hydrogens is 404 g/mol. The number of hydrogen-bond acceptors (Lipinski definition) is 5. The van der Waals surface area contributed by atoms with Gasteiger partial charge in [-0.05, 0) is 80.2 Å². The summed E-state index contributed by atoms with van der Waals surface area (Å²) in [5.74, 6) is 0.556. The predicted molar refractivity (Wildman–Crippen MR) is 122 cm³/mol. The van der Waals surface area contributed by atoms with Gasteiger partial charge in [-0.15, -0.1) is 0 Å². The molecule has 0 spiro atoms. The molecule has 2 atom stereocenters. The zero-order valence-corrected chi connectivity index (χ0v) is 18.2. The average Bonchev–Trinajstić information content (AvgIpc) is 2.83. The first kappa shape index (κ1) is 20.2. The molecule has 5 heterocycles. The van der Waals surface area contributed by atoms with Crippen molar-refractivity contribution in [2.24, 2.45) is 5.92 Å². The van der Waals surface area contributed by atoms with Crippen LogP contribution in [0.1, 0.15) is 28.8 Å². The summed E-state index contributed by atoms with van der Waals surface area (Å²) in [6.45, 7) is 2.25. The molecule has 3 aliphatic rings. The Hall–Kier alpha value is -2.70. The second-order valence-corrected chi connectivity index (χ2v) is 9.40. The number of pyridine rings is 2. The zero-order chi connectivity index (χ0) is 21.0. The lowest BCUT2D eigenvalue weighted by Gasteiger charge is -2.51. The minimum atomic E-state index is 0.0124. The molecule has 6 heteroatoms. The van der Waals surface area contributed by atoms with E-state index in [1.165, 1.54) is 5.56 Å². The van der Waals surface area contributed by atoms with Gasteiger partial charge in [0, 0.05) is 41.1 Å². The van der Waals surface area contributed by atoms with E-state index in [4.69, 9.17) is 0 Å². The first-order valence-corrected chi connectivity index (χ1v) is 11.7. The van der Waals surface area contributed by atoms with E-state index in [0.29, 0.717) is 17.5 Å². The summed E-state index contributed by atoms with van der Waals surface area (Å²) in [5, 5.41) is 4.33. The van der Waals surface area contributed by atoms with Gasteiger partial charge in [-0.3, -0.25) is 14.7 Å². The number of piperidine rings is 3. The van der Waals surface area contributed by atoms with Gasteiger partial charge in [0.2, 0.25) is 0 Å². The molecule has 1 amide bonds. The molecule has 5 nitrogen and oxygen atoms in total. The van der Waals surface area contributed by atoms with Crippen molar-refractivity contribution in [3.8, 4) is 0 Å². The van der Waals surface area contributed by atoms with Gasteiger partial charge in [-0.25, -0.2) is 4.98 Å². The first-order chi connectivity index (χ1) is 15.3. The van der Waals surface area contributed by atoms with Gasteiger partial charge in [0.15, 0.2) is 0 Å². The minimum absolute atomic E-state index is 0.0124. The van der Waals surface area contributed by atoms with E-state index in [1.54, 1.807) is 18.0 Å². The quantitative estimate of drug-likeness (QED) is 0.639. The molecule has 2 aromatic heterocycles. The summed E-state index contributed by atoms with van der Waals surface area (Å²) < 4.78 is 0. The van der Waals surface area contributed by atoms with Gasteiger partial charge in [0.25, 0.3) is 5.91 Å². The lowest BCUT2D eigenvalue weighted by Crippen LogP contribution is -2.64. The molecule has 31 heavy (non-hydrogen) atoms. The Labute approximate surface area is 187 Å². The van der Waals surface area contributed by atoms with Gasteiger partial charge in [0.05, 0.1) is 0 Å². The van der Waals surface area contributed by atoms with Crippen LogP contribution in [0.3, 0.4) is 0 Å². The number of nitrogens with one attached hydrogen (secondary N) is 1. The third-order valence-electron chi connectivity index (χ3n) is 6.39. The number of fused-ring (bicyclic) bond motifs is 3. The largest absolute Gasteiger partial charge is 0.347 e. The highest BCUT2D eigenvalue weighted by molar-refractivity contribution is 7.99. The Kier molecular flexibility index (Phi) is 6.00. The topological polar surface area (TPSA) is 58.1 Å². The Morgan fingerprint density at radius 2 is 1.97 bits per heavy atom. The van der Waals surface area contributed by atoms with Crippen LogP contribution in [0.15, 0.2) is 83.1 Å². The highest BCUT2D eigenvalue weighted by Gasteiger charge is 2.42. The SMILES string of the molecule is O=C(N[C@@H]1C2CCN(CC2)[C@H]1Cc1cccnc1)c1cccc(Sc2ccccn2)c1. The molecule has 158 valence electrons. The smallest absolute Gasteiger partial charge is 0.251 e. The number of carbonyl (C=O) groups excluding carboxylic acids is 1. The molecule has 0 radical (unpaired) electrons. The van der Waals surface area contributed by atoms with Crippen LogP contribution in [-0.2, 0) is 6.42 Å². The van der Waals surface area contributed by atoms with Crippen molar-refractivity contribution >= 4 is 17.7 Å². The molecule has 1 N–H and O–H groups in total. The molecular formula is C25H26N4OS. The normalized spacial score (nSPS) is 24.6. The maximum absolute atomic E-state index is 13.2. The summed E-state index contributed by atoms with van der Waals surface area (Å²) in [5.41, 5.74) is 1.94. The van der Waals surface area contributed by atoms with Crippen LogP contribution in [0, 0.1) is 5.92 Å². The van der Waals surface area contributed by atoms with E-state index in [1.807, 2.05) is 60.9 Å². The zero-order valence-electron chi connectivity index (χ0n) is 17.4. The number of benzene rings is 1. The number of amides is 1. The minimum Gasteiger partial charge on any atom is -0.347 e. The van der Waals surface area contributed by atoms with Crippen LogP contribution >= 0.6 is 11.8 Å². The molecule has 3 fully saturated rings. The summed E-state index contributed by atoms with van der Waals surface area (Å²) in [6, 6.07) is 18.3. The fourth-order valence-corrected chi connectivity index (χ4v) is 5.68. The van der Waals surface area contributed by atoms with Crippen LogP contribution in [0.4, 0.5) is 0 Å². The lowest BCUT2D eigenvalue weighted by atomic mass is 9.76. The Bertz CT molecular complexity index is 1020. The van der Waals surface area contributed by atoms with Crippen molar-refractivity contribution in [2.75, 3.05) is 13.1 Å². The molecule has 3 saturated heterocycles. The Morgan fingerprint density at radius 1 is 1.06 bits per heavy atom. The number of nitrogens with zero attached hydrogens (tertiary/aromatic N) is 3. The van der Waals surface area contributed by atoms with Crippen molar-refractivity contribution in [1.82, 2.24) is 20.2 Å². The molecule has 2 bridgehead atoms. The van der Waals surface area contributed by atoms with Crippen molar-refractivity contribution < 1.29 is 4.79 Å². The number of aromatic nitrogens is 2. The molecule has 0 aliphatic carbocycles. The molecule has 0 unspecified atom stereocenters. The first-order valence-electron chi connectivity index (χ1n) is 10.9. The van der Waals surface area contributed by atoms with Crippen LogP contribution in [0.5, 0.6) is 0 Å². The van der Waals surface area contributed by atoms with Gasteiger partial charge in [-0.1, -0.05) is 30.0 Å². The van der Waals surface area contributed by atoms with E-state index in [0.717, 1.165) is 42.3 Å². The van der Waals surface area contributed by atoms with E-state index in [9.17, 15) is 4.79 Å². The maximum atomic E-state index is 13.2. The molecule has 3 aliphatic heterocycles. The fraction of sp³-hybridized carbons (Fsp3) is 0.320. The average molecular weight is 431 g/mol. The van der Waals surface area contributed by atoms with Crippen LogP contribution in [0.2, 0.25) is 0 Å². The maximum Gasteiger partial charge on any atom is 0.251 e. The van der Waals surface area contributed by atoms with Gasteiger partial charge in [0.1, 0.15) is 5.03 Å². The molecule has 3 aromatic rings. The highest BCUT2D eigenvalue weighted by Crippen LogP contribution is 2.34. The van der Waals surface area contributed by atoms with Crippen molar-refractivity contribution in [3.05, 3.63) is 84.3 Å². The van der Waals surface area contributed by atoms with E-state index in [-0.39, 0.29) is 11.9 Å². The third kappa shape index (κ3) is 4.65. The highest BCUT2D eigenvalue weighted by atomic mass is 32.2. The third-order valence-corrected chi connectivity index (χ3v) is 7.33. The summed E-state index contributed by atoms with van der Waals surface area (Å²) in [4.78, 5) is 25.4. The molecule has 1 aromatic carbocycles. The van der Waals surface area contributed by atoms with Crippen LogP contribution in [0.25, 0.3) is 0 Å². The fourth-order valence-electron chi connectivity index (χ4n) is 4.85. The monoisotopic (exact) mass is 430 g/mol. The standard InChI is InChI=1S/C25H26N4OS/c30-25(20-6-3-7-21(16-20)31-23-8-1-2-12-27-23)28-24-19-9-13-29(14-10-19)22(24)15-18-5-4-11-26-17-18/h1-8,11-12,16-17,19,22,24H,9-10,13-15H2,(H,28,30)/t22-,24+/m0/s1. The van der Waals surface area contributed by atoms with Crippen LogP contribution < -0.4 is 5.32 Å². The second kappa shape index (κ2) is 9.20. The Balaban J connectivity index is 1.32.